The molecule has 0 amide bonds. The lowest BCUT2D eigenvalue weighted by Crippen LogP contribution is -2.08. The van der Waals surface area contributed by atoms with E-state index >= 15 is 0 Å². The van der Waals surface area contributed by atoms with Crippen LogP contribution in [0.25, 0.3) is 10.9 Å². The fourth-order valence-electron chi connectivity index (χ4n) is 2.98. The topological polar surface area (TPSA) is 72.0 Å². The molecular weight excluding hydrogens is 304 g/mol. The van der Waals surface area contributed by atoms with Crippen LogP contribution in [0.15, 0.2) is 36.5 Å². The zero-order valence-corrected chi connectivity index (χ0v) is 13.8. The van der Waals surface area contributed by atoms with Crippen LogP contribution in [0.3, 0.4) is 0 Å². The monoisotopic (exact) mass is 322 g/mol. The normalized spacial score (nSPS) is 10.8. The Morgan fingerprint density at radius 3 is 2.62 bits per heavy atom. The molecule has 24 heavy (non-hydrogen) atoms. The first-order valence-corrected chi connectivity index (χ1v) is 7.69. The SMILES string of the molecule is CC(=O)c1c(C)[nH]c(C(=O)OCc2cccc3cccnc23)c1C. The van der Waals surface area contributed by atoms with Crippen LogP contribution in [0.2, 0.25) is 0 Å². The first kappa shape index (κ1) is 15.9. The van der Waals surface area contributed by atoms with E-state index in [2.05, 4.69) is 9.97 Å². The second kappa shape index (κ2) is 6.28. The number of ether oxygens (including phenoxy) is 1. The maximum Gasteiger partial charge on any atom is 0.355 e. The largest absolute Gasteiger partial charge is 0.456 e. The number of pyridine rings is 1. The van der Waals surface area contributed by atoms with Crippen LogP contribution < -0.4 is 0 Å². The van der Waals surface area contributed by atoms with Gasteiger partial charge in [-0.3, -0.25) is 9.78 Å². The van der Waals surface area contributed by atoms with E-state index in [0.717, 1.165) is 16.5 Å². The Balaban J connectivity index is 1.83. The number of fused-ring (bicyclic) bond motifs is 1. The van der Waals surface area contributed by atoms with Crippen LogP contribution >= 0.6 is 0 Å². The zero-order chi connectivity index (χ0) is 17.3. The number of hydrogen-bond acceptors (Lipinski definition) is 4. The molecule has 0 bridgehead atoms. The molecule has 0 aliphatic rings. The van der Waals surface area contributed by atoms with Crippen molar-refractivity contribution in [2.24, 2.45) is 0 Å². The molecule has 3 aromatic rings. The molecule has 0 spiro atoms. The fourth-order valence-corrected chi connectivity index (χ4v) is 2.98. The number of ketones is 1. The number of esters is 1. The molecule has 0 radical (unpaired) electrons. The number of nitrogens with one attached hydrogen (secondary N) is 1. The number of aromatic nitrogens is 2. The quantitative estimate of drug-likeness (QED) is 0.586. The molecule has 0 saturated heterocycles. The number of Topliss-reactive ketones (excluding diaryl/α,β-unsaturated/α-hetero) is 1. The molecule has 2 aromatic heterocycles. The molecule has 2 heterocycles. The minimum Gasteiger partial charge on any atom is -0.456 e. The summed E-state index contributed by atoms with van der Waals surface area (Å²) in [5.74, 6) is -0.547. The summed E-state index contributed by atoms with van der Waals surface area (Å²) in [4.78, 5) is 31.3. The van der Waals surface area contributed by atoms with E-state index in [0.29, 0.717) is 22.5 Å². The van der Waals surface area contributed by atoms with Gasteiger partial charge in [-0.05, 0) is 32.4 Å². The number of hydrogen-bond donors (Lipinski definition) is 1. The van der Waals surface area contributed by atoms with Gasteiger partial charge in [0, 0.05) is 28.4 Å². The molecule has 0 aliphatic heterocycles. The second-order valence-electron chi connectivity index (χ2n) is 5.75. The fraction of sp³-hybridized carbons (Fsp3) is 0.211. The number of para-hydroxylation sites is 1. The minimum absolute atomic E-state index is 0.0708. The van der Waals surface area contributed by atoms with Crippen LogP contribution in [0.1, 0.15) is 44.6 Å². The lowest BCUT2D eigenvalue weighted by Gasteiger charge is -2.07. The van der Waals surface area contributed by atoms with Gasteiger partial charge in [-0.15, -0.1) is 0 Å². The first-order chi connectivity index (χ1) is 11.5. The summed E-state index contributed by atoms with van der Waals surface area (Å²) in [6, 6.07) is 9.59. The zero-order valence-electron chi connectivity index (χ0n) is 13.8. The van der Waals surface area contributed by atoms with Crippen molar-refractivity contribution < 1.29 is 14.3 Å². The number of rotatable bonds is 4. The highest BCUT2D eigenvalue weighted by Gasteiger charge is 2.21. The van der Waals surface area contributed by atoms with Crippen LogP contribution in [0, 0.1) is 13.8 Å². The number of carbonyl (C=O) groups is 2. The van der Waals surface area contributed by atoms with Crippen molar-refractivity contribution in [3.63, 3.8) is 0 Å². The third-order valence-corrected chi connectivity index (χ3v) is 4.07. The van der Waals surface area contributed by atoms with Gasteiger partial charge in [-0.1, -0.05) is 24.3 Å². The summed E-state index contributed by atoms with van der Waals surface area (Å²) in [6.45, 7) is 5.13. The van der Waals surface area contributed by atoms with E-state index in [1.54, 1.807) is 20.0 Å². The van der Waals surface area contributed by atoms with Crippen molar-refractivity contribution in [3.8, 4) is 0 Å². The van der Waals surface area contributed by atoms with Gasteiger partial charge in [0.05, 0.1) is 5.52 Å². The number of aromatic amines is 1. The molecule has 122 valence electrons. The highest BCUT2D eigenvalue weighted by molar-refractivity contribution is 6.01. The minimum atomic E-state index is -0.476. The number of benzene rings is 1. The second-order valence-corrected chi connectivity index (χ2v) is 5.75. The lowest BCUT2D eigenvalue weighted by atomic mass is 10.1. The molecule has 1 aromatic carbocycles. The highest BCUT2D eigenvalue weighted by Crippen LogP contribution is 2.21. The highest BCUT2D eigenvalue weighted by atomic mass is 16.5. The maximum atomic E-state index is 12.4. The third-order valence-electron chi connectivity index (χ3n) is 4.07. The molecule has 0 fully saturated rings. The van der Waals surface area contributed by atoms with Crippen LogP contribution in [0.4, 0.5) is 0 Å². The van der Waals surface area contributed by atoms with Gasteiger partial charge >= 0.3 is 5.97 Å². The lowest BCUT2D eigenvalue weighted by molar-refractivity contribution is 0.0467. The Kier molecular flexibility index (Phi) is 4.16. The van der Waals surface area contributed by atoms with Gasteiger partial charge in [0.25, 0.3) is 0 Å². The Morgan fingerprint density at radius 2 is 1.92 bits per heavy atom. The molecular formula is C19H18N2O3. The van der Waals surface area contributed by atoms with E-state index in [9.17, 15) is 9.59 Å². The summed E-state index contributed by atoms with van der Waals surface area (Å²) in [5, 5.41) is 0.997. The summed E-state index contributed by atoms with van der Waals surface area (Å²) in [7, 11) is 0. The van der Waals surface area contributed by atoms with Crippen molar-refractivity contribution >= 4 is 22.7 Å². The van der Waals surface area contributed by atoms with Crippen molar-refractivity contribution in [2.45, 2.75) is 27.4 Å². The molecule has 0 aliphatic carbocycles. The van der Waals surface area contributed by atoms with Crippen molar-refractivity contribution in [1.29, 1.82) is 0 Å². The average Bonchev–Trinajstić information content (AvgIpc) is 2.87. The number of nitrogens with zero attached hydrogens (tertiary/aromatic N) is 1. The molecule has 0 unspecified atom stereocenters. The first-order valence-electron chi connectivity index (χ1n) is 7.69. The van der Waals surface area contributed by atoms with Crippen LogP contribution in [-0.4, -0.2) is 21.7 Å². The Morgan fingerprint density at radius 1 is 1.17 bits per heavy atom. The predicted molar refractivity (Wildman–Crippen MR) is 91.1 cm³/mol. The number of aryl methyl sites for hydroxylation is 1. The summed E-state index contributed by atoms with van der Waals surface area (Å²) in [6.07, 6.45) is 1.71. The number of carbonyl (C=O) groups excluding carboxylic acids is 2. The average molecular weight is 322 g/mol. The van der Waals surface area contributed by atoms with Gasteiger partial charge in [0.15, 0.2) is 5.78 Å². The van der Waals surface area contributed by atoms with E-state index in [1.165, 1.54) is 6.92 Å². The molecule has 5 nitrogen and oxygen atoms in total. The molecule has 5 heteroatoms. The smallest absolute Gasteiger partial charge is 0.355 e. The molecule has 1 N–H and O–H groups in total. The summed E-state index contributed by atoms with van der Waals surface area (Å²) in [5.41, 5.74) is 3.84. The molecule has 0 saturated carbocycles. The van der Waals surface area contributed by atoms with Gasteiger partial charge in [0.1, 0.15) is 12.3 Å². The van der Waals surface area contributed by atoms with Crippen molar-refractivity contribution in [3.05, 3.63) is 64.6 Å². The standard InChI is InChI=1S/C19H18N2O3/c1-11-16(13(3)22)12(2)21-17(11)19(23)24-10-15-7-4-6-14-8-5-9-20-18(14)15/h4-9,21H,10H2,1-3H3. The predicted octanol–water partition coefficient (Wildman–Crippen LogP) is 3.74. The van der Waals surface area contributed by atoms with Gasteiger partial charge in [0.2, 0.25) is 0 Å². The Labute approximate surface area is 139 Å². The van der Waals surface area contributed by atoms with Crippen molar-refractivity contribution in [1.82, 2.24) is 9.97 Å². The molecule has 0 atom stereocenters. The summed E-state index contributed by atoms with van der Waals surface area (Å²) < 4.78 is 5.43. The van der Waals surface area contributed by atoms with Gasteiger partial charge in [-0.2, -0.15) is 0 Å². The van der Waals surface area contributed by atoms with Crippen LogP contribution in [-0.2, 0) is 11.3 Å². The number of H-pyrrole nitrogens is 1. The van der Waals surface area contributed by atoms with Gasteiger partial charge < -0.3 is 9.72 Å². The van der Waals surface area contributed by atoms with E-state index in [-0.39, 0.29) is 12.4 Å². The Bertz CT molecular complexity index is 936. The van der Waals surface area contributed by atoms with Gasteiger partial charge in [-0.25, -0.2) is 4.79 Å². The molecule has 3 rings (SSSR count). The van der Waals surface area contributed by atoms with Crippen LogP contribution in [0.5, 0.6) is 0 Å². The van der Waals surface area contributed by atoms with Crippen molar-refractivity contribution in [2.75, 3.05) is 0 Å². The van der Waals surface area contributed by atoms with E-state index < -0.39 is 5.97 Å². The van der Waals surface area contributed by atoms with E-state index in [4.69, 9.17) is 4.74 Å². The summed E-state index contributed by atoms with van der Waals surface area (Å²) >= 11 is 0. The van der Waals surface area contributed by atoms with E-state index in [1.807, 2.05) is 30.3 Å². The Hall–Kier alpha value is -2.95. The third kappa shape index (κ3) is 2.80. The maximum absolute atomic E-state index is 12.4.